The van der Waals surface area contributed by atoms with Crippen molar-refractivity contribution in [3.63, 3.8) is 0 Å². The Morgan fingerprint density at radius 2 is 1.96 bits per heavy atom. The summed E-state index contributed by atoms with van der Waals surface area (Å²) in [6, 6.07) is 12.8. The molecule has 1 aliphatic heterocycles. The van der Waals surface area contributed by atoms with Crippen molar-refractivity contribution in [2.75, 3.05) is 19.7 Å². The lowest BCUT2D eigenvalue weighted by Crippen LogP contribution is -2.42. The van der Waals surface area contributed by atoms with Gasteiger partial charge in [0.25, 0.3) is 0 Å². The standard InChI is InChI=1S/C18H21NO4S/c1-2-23-18(20)16-8-5-11-19(13-16)24(21,22)17-10-9-14-6-3-4-7-15(14)12-17/h3-4,6-7,9-10,12,16H,2,5,8,11,13H2,1H3/t16-/m1/s1. The molecule has 0 N–H and O–H groups in total. The summed E-state index contributed by atoms with van der Waals surface area (Å²) in [6.07, 6.45) is 1.33. The Balaban J connectivity index is 1.87. The van der Waals surface area contributed by atoms with Gasteiger partial charge in [-0.2, -0.15) is 4.31 Å². The minimum absolute atomic E-state index is 0.188. The fourth-order valence-electron chi connectivity index (χ4n) is 3.09. The van der Waals surface area contributed by atoms with Gasteiger partial charge in [0, 0.05) is 13.1 Å². The highest BCUT2D eigenvalue weighted by atomic mass is 32.2. The lowest BCUT2D eigenvalue weighted by molar-refractivity contribution is -0.149. The Labute approximate surface area is 142 Å². The molecule has 1 heterocycles. The molecule has 0 bridgehead atoms. The van der Waals surface area contributed by atoms with Crippen LogP contribution in [0.2, 0.25) is 0 Å². The smallest absolute Gasteiger partial charge is 0.310 e. The molecule has 2 aromatic carbocycles. The van der Waals surface area contributed by atoms with Crippen LogP contribution in [0.3, 0.4) is 0 Å². The van der Waals surface area contributed by atoms with Gasteiger partial charge in [0.05, 0.1) is 17.4 Å². The van der Waals surface area contributed by atoms with E-state index in [1.807, 2.05) is 30.3 Å². The Bertz CT molecular complexity index is 847. The number of nitrogens with zero attached hydrogens (tertiary/aromatic N) is 1. The van der Waals surface area contributed by atoms with E-state index in [1.54, 1.807) is 19.1 Å². The number of piperidine rings is 1. The van der Waals surface area contributed by atoms with E-state index in [-0.39, 0.29) is 23.3 Å². The van der Waals surface area contributed by atoms with Gasteiger partial charge in [-0.15, -0.1) is 0 Å². The molecule has 0 radical (unpaired) electrons. The highest BCUT2D eigenvalue weighted by molar-refractivity contribution is 7.89. The second-order valence-electron chi connectivity index (χ2n) is 5.96. The predicted molar refractivity (Wildman–Crippen MR) is 92.1 cm³/mol. The van der Waals surface area contributed by atoms with Crippen LogP contribution >= 0.6 is 0 Å². The van der Waals surface area contributed by atoms with Crippen molar-refractivity contribution in [2.24, 2.45) is 5.92 Å². The van der Waals surface area contributed by atoms with Crippen LogP contribution in [0.25, 0.3) is 10.8 Å². The van der Waals surface area contributed by atoms with Crippen LogP contribution in [-0.4, -0.2) is 38.4 Å². The zero-order chi connectivity index (χ0) is 17.2. The number of ether oxygens (including phenoxy) is 1. The summed E-state index contributed by atoms with van der Waals surface area (Å²) >= 11 is 0. The fraction of sp³-hybridized carbons (Fsp3) is 0.389. The molecule has 2 aromatic rings. The molecule has 3 rings (SSSR count). The van der Waals surface area contributed by atoms with Crippen molar-refractivity contribution >= 4 is 26.8 Å². The van der Waals surface area contributed by atoms with Gasteiger partial charge >= 0.3 is 5.97 Å². The van der Waals surface area contributed by atoms with Gasteiger partial charge in [-0.05, 0) is 42.7 Å². The third-order valence-corrected chi connectivity index (χ3v) is 6.22. The molecule has 128 valence electrons. The van der Waals surface area contributed by atoms with Crippen LogP contribution in [-0.2, 0) is 19.6 Å². The van der Waals surface area contributed by atoms with Gasteiger partial charge in [-0.25, -0.2) is 8.42 Å². The van der Waals surface area contributed by atoms with Crippen molar-refractivity contribution in [2.45, 2.75) is 24.7 Å². The highest BCUT2D eigenvalue weighted by Gasteiger charge is 2.34. The summed E-state index contributed by atoms with van der Waals surface area (Å²) < 4.78 is 32.3. The van der Waals surface area contributed by atoms with Gasteiger partial charge in [-0.1, -0.05) is 30.3 Å². The van der Waals surface area contributed by atoms with Crippen molar-refractivity contribution in [1.29, 1.82) is 0 Å². The third-order valence-electron chi connectivity index (χ3n) is 4.36. The van der Waals surface area contributed by atoms with Crippen molar-refractivity contribution in [3.8, 4) is 0 Å². The third kappa shape index (κ3) is 3.30. The lowest BCUT2D eigenvalue weighted by Gasteiger charge is -2.30. The molecule has 5 nitrogen and oxygen atoms in total. The van der Waals surface area contributed by atoms with E-state index < -0.39 is 10.0 Å². The van der Waals surface area contributed by atoms with Crippen molar-refractivity contribution in [1.82, 2.24) is 4.31 Å². The average Bonchev–Trinajstić information content (AvgIpc) is 2.61. The second-order valence-corrected chi connectivity index (χ2v) is 7.90. The van der Waals surface area contributed by atoms with Gasteiger partial charge in [0.15, 0.2) is 0 Å². The minimum atomic E-state index is -3.61. The monoisotopic (exact) mass is 347 g/mol. The van der Waals surface area contributed by atoms with E-state index in [2.05, 4.69) is 0 Å². The molecule has 0 aromatic heterocycles. The fourth-order valence-corrected chi connectivity index (χ4v) is 4.65. The normalized spacial score (nSPS) is 19.3. The highest BCUT2D eigenvalue weighted by Crippen LogP contribution is 2.26. The molecule has 1 saturated heterocycles. The molecular formula is C18H21NO4S. The van der Waals surface area contributed by atoms with Crippen molar-refractivity contribution in [3.05, 3.63) is 42.5 Å². The lowest BCUT2D eigenvalue weighted by atomic mass is 10.0. The second kappa shape index (κ2) is 6.91. The SMILES string of the molecule is CCOC(=O)[C@@H]1CCCN(S(=O)(=O)c2ccc3ccccc3c2)C1. The number of rotatable bonds is 4. The molecule has 1 fully saturated rings. The van der Waals surface area contributed by atoms with Crippen LogP contribution < -0.4 is 0 Å². The van der Waals surface area contributed by atoms with E-state index in [0.29, 0.717) is 26.0 Å². The van der Waals surface area contributed by atoms with E-state index in [1.165, 1.54) is 4.31 Å². The van der Waals surface area contributed by atoms with Crippen LogP contribution in [0, 0.1) is 5.92 Å². The summed E-state index contributed by atoms with van der Waals surface area (Å²) in [7, 11) is -3.61. The topological polar surface area (TPSA) is 63.7 Å². The van der Waals surface area contributed by atoms with E-state index in [0.717, 1.165) is 10.8 Å². The molecule has 0 amide bonds. The molecule has 1 atom stereocenters. The number of benzene rings is 2. The average molecular weight is 347 g/mol. The number of fused-ring (bicyclic) bond motifs is 1. The van der Waals surface area contributed by atoms with E-state index in [4.69, 9.17) is 4.74 Å². The van der Waals surface area contributed by atoms with E-state index in [9.17, 15) is 13.2 Å². The Hall–Kier alpha value is -1.92. The number of esters is 1. The first-order valence-electron chi connectivity index (χ1n) is 8.18. The molecule has 1 aliphatic rings. The number of carbonyl (C=O) groups excluding carboxylic acids is 1. The zero-order valence-corrected chi connectivity index (χ0v) is 14.5. The first kappa shape index (κ1) is 16.9. The maximum Gasteiger partial charge on any atom is 0.310 e. The van der Waals surface area contributed by atoms with Crippen LogP contribution in [0.4, 0.5) is 0 Å². The van der Waals surface area contributed by atoms with Gasteiger partial charge < -0.3 is 4.74 Å². The Kier molecular flexibility index (Phi) is 4.87. The number of carbonyl (C=O) groups is 1. The quantitative estimate of drug-likeness (QED) is 0.798. The zero-order valence-electron chi connectivity index (χ0n) is 13.6. The van der Waals surface area contributed by atoms with Gasteiger partial charge in [0.2, 0.25) is 10.0 Å². The number of sulfonamides is 1. The number of hydrogen-bond donors (Lipinski definition) is 0. The maximum atomic E-state index is 12.9. The summed E-state index contributed by atoms with van der Waals surface area (Å²) in [5.41, 5.74) is 0. The minimum Gasteiger partial charge on any atom is -0.466 e. The Morgan fingerprint density at radius 3 is 2.71 bits per heavy atom. The molecule has 0 saturated carbocycles. The first-order chi connectivity index (χ1) is 11.5. The summed E-state index contributed by atoms with van der Waals surface area (Å²) in [6.45, 7) is 2.69. The van der Waals surface area contributed by atoms with Crippen LogP contribution in [0.5, 0.6) is 0 Å². The summed E-state index contributed by atoms with van der Waals surface area (Å²) in [4.78, 5) is 12.2. The molecule has 0 spiro atoms. The van der Waals surface area contributed by atoms with Crippen LogP contribution in [0.1, 0.15) is 19.8 Å². The van der Waals surface area contributed by atoms with Crippen molar-refractivity contribution < 1.29 is 17.9 Å². The summed E-state index contributed by atoms with van der Waals surface area (Å²) in [5.74, 6) is -0.690. The van der Waals surface area contributed by atoms with Crippen LogP contribution in [0.15, 0.2) is 47.4 Å². The van der Waals surface area contributed by atoms with E-state index >= 15 is 0 Å². The first-order valence-corrected chi connectivity index (χ1v) is 9.62. The molecule has 6 heteroatoms. The van der Waals surface area contributed by atoms with Gasteiger partial charge in [-0.3, -0.25) is 4.79 Å². The molecular weight excluding hydrogens is 326 g/mol. The molecule has 24 heavy (non-hydrogen) atoms. The molecule has 0 unspecified atom stereocenters. The van der Waals surface area contributed by atoms with Gasteiger partial charge in [0.1, 0.15) is 0 Å². The Morgan fingerprint density at radius 1 is 1.21 bits per heavy atom. The molecule has 0 aliphatic carbocycles. The summed E-state index contributed by atoms with van der Waals surface area (Å²) in [5, 5.41) is 1.89. The largest absolute Gasteiger partial charge is 0.466 e. The predicted octanol–water partition coefficient (Wildman–Crippen LogP) is 2.80. The maximum absolute atomic E-state index is 12.9. The number of hydrogen-bond acceptors (Lipinski definition) is 4.